The molecule has 2 N–H and O–H groups in total. The molecule has 1 atom stereocenters. The van der Waals surface area contributed by atoms with Gasteiger partial charge in [0.05, 0.1) is 0 Å². The van der Waals surface area contributed by atoms with Gasteiger partial charge < -0.3 is 5.73 Å². The molecular weight excluding hydrogens is 267 g/mol. The summed E-state index contributed by atoms with van der Waals surface area (Å²) in [7, 11) is 0. The first-order valence-electron chi connectivity index (χ1n) is 6.57. The summed E-state index contributed by atoms with van der Waals surface area (Å²) in [5, 5.41) is 1.37. The minimum Gasteiger partial charge on any atom is -0.329 e. The van der Waals surface area contributed by atoms with Crippen molar-refractivity contribution in [3.8, 4) is 0 Å². The highest BCUT2D eigenvalue weighted by Gasteiger charge is 2.33. The lowest BCUT2D eigenvalue weighted by atomic mass is 10.0. The molecule has 0 radical (unpaired) electrons. The second-order valence-corrected chi connectivity index (χ2v) is 5.80. The fraction of sp³-hybridized carbons (Fsp3) is 0.571. The quantitative estimate of drug-likeness (QED) is 0.860. The molecule has 0 aliphatic heterocycles. The van der Waals surface area contributed by atoms with Crippen molar-refractivity contribution in [2.45, 2.75) is 38.3 Å². The topological polar surface area (TPSA) is 29.3 Å². The summed E-state index contributed by atoms with van der Waals surface area (Å²) in [6, 6.07) is 6.65. The fourth-order valence-corrected chi connectivity index (χ4v) is 3.03. The van der Waals surface area contributed by atoms with E-state index in [4.69, 9.17) is 28.9 Å². The Labute approximate surface area is 119 Å². The average molecular weight is 287 g/mol. The first-order valence-corrected chi connectivity index (χ1v) is 7.33. The molecule has 0 heterocycles. The molecule has 18 heavy (non-hydrogen) atoms. The van der Waals surface area contributed by atoms with Crippen molar-refractivity contribution in [1.29, 1.82) is 0 Å². The molecule has 1 fully saturated rings. The van der Waals surface area contributed by atoms with Gasteiger partial charge in [0.2, 0.25) is 0 Å². The van der Waals surface area contributed by atoms with Gasteiger partial charge in [0.15, 0.2) is 0 Å². The van der Waals surface area contributed by atoms with E-state index in [2.05, 4.69) is 11.8 Å². The minimum absolute atomic E-state index is 0.230. The largest absolute Gasteiger partial charge is 0.329 e. The normalized spacial score (nSPS) is 17.2. The van der Waals surface area contributed by atoms with Crippen LogP contribution >= 0.6 is 23.2 Å². The lowest BCUT2D eigenvalue weighted by molar-refractivity contribution is 0.191. The van der Waals surface area contributed by atoms with Gasteiger partial charge in [0.25, 0.3) is 0 Å². The van der Waals surface area contributed by atoms with Crippen molar-refractivity contribution < 1.29 is 0 Å². The van der Waals surface area contributed by atoms with Crippen molar-refractivity contribution in [1.82, 2.24) is 4.90 Å². The summed E-state index contributed by atoms with van der Waals surface area (Å²) >= 11 is 12.2. The molecule has 1 saturated carbocycles. The third-order valence-corrected chi connectivity index (χ3v) is 3.83. The molecule has 1 aromatic rings. The highest BCUT2D eigenvalue weighted by molar-refractivity contribution is 6.34. The van der Waals surface area contributed by atoms with Gasteiger partial charge in [-0.3, -0.25) is 4.90 Å². The standard InChI is InChI=1S/C14H20Cl2N2/c1-2-5-18(13-3-4-13)14(9-17)10-6-11(15)8-12(16)7-10/h6-8,13-14H,2-5,9,17H2,1H3. The van der Waals surface area contributed by atoms with Gasteiger partial charge in [-0.25, -0.2) is 0 Å². The molecule has 4 heteroatoms. The van der Waals surface area contributed by atoms with Gasteiger partial charge in [0, 0.05) is 28.7 Å². The fourth-order valence-electron chi connectivity index (χ4n) is 2.49. The second kappa shape index (κ2) is 6.25. The highest BCUT2D eigenvalue weighted by Crippen LogP contribution is 2.35. The van der Waals surface area contributed by atoms with Crippen LogP contribution in [-0.4, -0.2) is 24.0 Å². The average Bonchev–Trinajstić information content (AvgIpc) is 3.11. The van der Waals surface area contributed by atoms with Gasteiger partial charge in [-0.2, -0.15) is 0 Å². The molecule has 0 saturated heterocycles. The first kappa shape index (κ1) is 14.1. The molecule has 0 aromatic heterocycles. The van der Waals surface area contributed by atoms with Crippen molar-refractivity contribution in [2.24, 2.45) is 5.73 Å². The van der Waals surface area contributed by atoms with E-state index in [1.54, 1.807) is 6.07 Å². The summed E-state index contributed by atoms with van der Waals surface area (Å²) in [6.45, 7) is 3.89. The summed E-state index contributed by atoms with van der Waals surface area (Å²) in [5.74, 6) is 0. The Kier molecular flexibility index (Phi) is 4.91. The van der Waals surface area contributed by atoms with E-state index >= 15 is 0 Å². The molecule has 2 nitrogen and oxygen atoms in total. The zero-order valence-corrected chi connectivity index (χ0v) is 12.2. The third kappa shape index (κ3) is 3.39. The van der Waals surface area contributed by atoms with E-state index in [-0.39, 0.29) is 6.04 Å². The van der Waals surface area contributed by atoms with Gasteiger partial charge in [-0.05, 0) is 49.6 Å². The van der Waals surface area contributed by atoms with Crippen LogP contribution in [0, 0.1) is 0 Å². The summed E-state index contributed by atoms with van der Waals surface area (Å²) in [6.07, 6.45) is 3.71. The Hall–Kier alpha value is -0.280. The van der Waals surface area contributed by atoms with Crippen LogP contribution < -0.4 is 5.73 Å². The molecule has 100 valence electrons. The van der Waals surface area contributed by atoms with E-state index in [9.17, 15) is 0 Å². The van der Waals surface area contributed by atoms with E-state index in [1.807, 2.05) is 12.1 Å². The van der Waals surface area contributed by atoms with Crippen LogP contribution in [0.4, 0.5) is 0 Å². The molecule has 1 aliphatic rings. The van der Waals surface area contributed by atoms with Crippen molar-refractivity contribution in [3.63, 3.8) is 0 Å². The van der Waals surface area contributed by atoms with E-state index in [1.165, 1.54) is 12.8 Å². The zero-order valence-electron chi connectivity index (χ0n) is 10.7. The van der Waals surface area contributed by atoms with Crippen molar-refractivity contribution in [2.75, 3.05) is 13.1 Å². The molecular formula is C14H20Cl2N2. The second-order valence-electron chi connectivity index (χ2n) is 4.92. The maximum absolute atomic E-state index is 6.08. The number of hydrogen-bond donors (Lipinski definition) is 1. The van der Waals surface area contributed by atoms with Crippen molar-refractivity contribution in [3.05, 3.63) is 33.8 Å². The number of benzene rings is 1. The van der Waals surface area contributed by atoms with Crippen LogP contribution in [0.2, 0.25) is 10.0 Å². The molecule has 1 aliphatic carbocycles. The Morgan fingerprint density at radius 1 is 1.28 bits per heavy atom. The van der Waals surface area contributed by atoms with Crippen LogP contribution in [0.15, 0.2) is 18.2 Å². The van der Waals surface area contributed by atoms with Gasteiger partial charge >= 0.3 is 0 Å². The number of rotatable bonds is 6. The molecule has 0 bridgehead atoms. The van der Waals surface area contributed by atoms with E-state index in [0.29, 0.717) is 22.6 Å². The summed E-state index contributed by atoms with van der Waals surface area (Å²) in [4.78, 5) is 2.50. The number of nitrogens with zero attached hydrogens (tertiary/aromatic N) is 1. The van der Waals surface area contributed by atoms with Crippen molar-refractivity contribution >= 4 is 23.2 Å². The van der Waals surface area contributed by atoms with Crippen LogP contribution in [0.1, 0.15) is 37.8 Å². The molecule has 1 unspecified atom stereocenters. The number of hydrogen-bond acceptors (Lipinski definition) is 2. The Morgan fingerprint density at radius 2 is 1.89 bits per heavy atom. The number of nitrogens with two attached hydrogens (primary N) is 1. The highest BCUT2D eigenvalue weighted by atomic mass is 35.5. The van der Waals surface area contributed by atoms with Gasteiger partial charge in [0.1, 0.15) is 0 Å². The van der Waals surface area contributed by atoms with Crippen LogP contribution in [0.5, 0.6) is 0 Å². The number of halogens is 2. The molecule has 0 spiro atoms. The zero-order chi connectivity index (χ0) is 13.1. The predicted molar refractivity (Wildman–Crippen MR) is 78.3 cm³/mol. The van der Waals surface area contributed by atoms with Gasteiger partial charge in [-0.1, -0.05) is 30.1 Å². The molecule has 1 aromatic carbocycles. The monoisotopic (exact) mass is 286 g/mol. The van der Waals surface area contributed by atoms with Crippen LogP contribution in [-0.2, 0) is 0 Å². The predicted octanol–water partition coefficient (Wildman–Crippen LogP) is 3.87. The molecule has 0 amide bonds. The summed E-state index contributed by atoms with van der Waals surface area (Å²) in [5.41, 5.74) is 7.11. The third-order valence-electron chi connectivity index (χ3n) is 3.39. The Morgan fingerprint density at radius 3 is 2.33 bits per heavy atom. The van der Waals surface area contributed by atoms with Gasteiger partial charge in [-0.15, -0.1) is 0 Å². The Balaban J connectivity index is 2.24. The van der Waals surface area contributed by atoms with Crippen LogP contribution in [0.25, 0.3) is 0 Å². The first-order chi connectivity index (χ1) is 8.65. The summed E-state index contributed by atoms with van der Waals surface area (Å²) < 4.78 is 0. The molecule has 2 rings (SSSR count). The van der Waals surface area contributed by atoms with E-state index < -0.39 is 0 Å². The maximum atomic E-state index is 6.08. The maximum Gasteiger partial charge on any atom is 0.0474 e. The SMILES string of the molecule is CCCN(C1CC1)C(CN)c1cc(Cl)cc(Cl)c1. The van der Waals surface area contributed by atoms with Crippen LogP contribution in [0.3, 0.4) is 0 Å². The Bertz CT molecular complexity index is 385. The smallest absolute Gasteiger partial charge is 0.0474 e. The lowest BCUT2D eigenvalue weighted by Gasteiger charge is -2.31. The lowest BCUT2D eigenvalue weighted by Crippen LogP contribution is -2.36. The van der Waals surface area contributed by atoms with E-state index in [0.717, 1.165) is 18.5 Å². The minimum atomic E-state index is 0.230.